The minimum atomic E-state index is 0.578. The maximum absolute atomic E-state index is 6.08. The Kier molecular flexibility index (Phi) is 3.01. The van der Waals surface area contributed by atoms with Gasteiger partial charge in [0.2, 0.25) is 0 Å². The van der Waals surface area contributed by atoms with E-state index in [-0.39, 0.29) is 0 Å². The van der Waals surface area contributed by atoms with E-state index in [0.717, 1.165) is 23.4 Å². The van der Waals surface area contributed by atoms with E-state index in [1.165, 1.54) is 21.0 Å². The van der Waals surface area contributed by atoms with Crippen molar-refractivity contribution < 1.29 is 0 Å². The second-order valence-electron chi connectivity index (χ2n) is 5.16. The molecule has 20 heavy (non-hydrogen) atoms. The van der Waals surface area contributed by atoms with Crippen molar-refractivity contribution in [2.75, 3.05) is 5.73 Å². The van der Waals surface area contributed by atoms with Gasteiger partial charge in [-0.3, -0.25) is 0 Å². The van der Waals surface area contributed by atoms with E-state index in [1.54, 1.807) is 0 Å². The molecule has 0 bridgehead atoms. The number of hydrogen-bond acceptors (Lipinski definition) is 4. The highest BCUT2D eigenvalue weighted by Gasteiger charge is 2.16. The Morgan fingerprint density at radius 2 is 1.90 bits per heavy atom. The predicted octanol–water partition coefficient (Wildman–Crippen LogP) is 3.36. The van der Waals surface area contributed by atoms with Crippen molar-refractivity contribution in [1.82, 2.24) is 14.5 Å². The first kappa shape index (κ1) is 13.1. The Morgan fingerprint density at radius 3 is 2.55 bits per heavy atom. The molecule has 0 aliphatic heterocycles. The predicted molar refractivity (Wildman–Crippen MR) is 84.3 cm³/mol. The minimum Gasteiger partial charge on any atom is -0.383 e. The van der Waals surface area contributed by atoms with Crippen LogP contribution in [0.5, 0.6) is 0 Å². The average Bonchev–Trinajstić information content (AvgIpc) is 2.87. The topological polar surface area (TPSA) is 56.7 Å². The number of nitrogens with zero attached hydrogens (tertiary/aromatic N) is 3. The highest BCUT2D eigenvalue weighted by molar-refractivity contribution is 7.11. The standard InChI is InChI=1S/C15H18N4S/c1-8-5-6-12(20-8)7-19-10(3)9(2)13-14(16)17-11(4)18-15(13)19/h5-6H,7H2,1-4H3,(H2,16,17,18). The van der Waals surface area contributed by atoms with Gasteiger partial charge in [0.15, 0.2) is 0 Å². The van der Waals surface area contributed by atoms with Gasteiger partial charge >= 0.3 is 0 Å². The lowest BCUT2D eigenvalue weighted by Crippen LogP contribution is -2.03. The van der Waals surface area contributed by atoms with E-state index in [0.29, 0.717) is 5.82 Å². The van der Waals surface area contributed by atoms with Crippen LogP contribution < -0.4 is 5.73 Å². The van der Waals surface area contributed by atoms with Crippen LogP contribution in [0.4, 0.5) is 5.82 Å². The molecule has 0 saturated heterocycles. The summed E-state index contributed by atoms with van der Waals surface area (Å²) in [6.07, 6.45) is 0. The normalized spacial score (nSPS) is 11.4. The summed E-state index contributed by atoms with van der Waals surface area (Å²) in [5.41, 5.74) is 9.39. The summed E-state index contributed by atoms with van der Waals surface area (Å²) in [5, 5.41) is 0.987. The van der Waals surface area contributed by atoms with Crippen LogP contribution in [0.15, 0.2) is 12.1 Å². The number of nitrogens with two attached hydrogens (primary N) is 1. The van der Waals surface area contributed by atoms with Gasteiger partial charge in [-0.2, -0.15) is 0 Å². The van der Waals surface area contributed by atoms with Gasteiger partial charge in [0.25, 0.3) is 0 Å². The summed E-state index contributed by atoms with van der Waals surface area (Å²) in [7, 11) is 0. The Hall–Kier alpha value is -1.88. The summed E-state index contributed by atoms with van der Waals surface area (Å²) >= 11 is 1.82. The largest absolute Gasteiger partial charge is 0.383 e. The molecule has 0 unspecified atom stereocenters. The SMILES string of the molecule is Cc1nc(N)c2c(C)c(C)n(Cc3ccc(C)s3)c2n1. The third-order valence-electron chi connectivity index (χ3n) is 3.72. The van der Waals surface area contributed by atoms with Crippen molar-refractivity contribution in [3.8, 4) is 0 Å². The number of hydrogen-bond donors (Lipinski definition) is 1. The van der Waals surface area contributed by atoms with E-state index < -0.39 is 0 Å². The quantitative estimate of drug-likeness (QED) is 0.786. The van der Waals surface area contributed by atoms with Gasteiger partial charge in [-0.15, -0.1) is 11.3 Å². The van der Waals surface area contributed by atoms with E-state index in [4.69, 9.17) is 5.73 Å². The van der Waals surface area contributed by atoms with Crippen molar-refractivity contribution in [3.05, 3.63) is 39.0 Å². The van der Waals surface area contributed by atoms with Crippen LogP contribution in [0, 0.1) is 27.7 Å². The molecule has 0 aromatic carbocycles. The highest BCUT2D eigenvalue weighted by atomic mass is 32.1. The molecule has 0 aliphatic carbocycles. The minimum absolute atomic E-state index is 0.578. The molecule has 5 heteroatoms. The number of aryl methyl sites for hydroxylation is 3. The molecule has 3 aromatic heterocycles. The van der Waals surface area contributed by atoms with Crippen molar-refractivity contribution in [3.63, 3.8) is 0 Å². The molecule has 3 aromatic rings. The summed E-state index contributed by atoms with van der Waals surface area (Å²) < 4.78 is 2.24. The van der Waals surface area contributed by atoms with E-state index >= 15 is 0 Å². The maximum Gasteiger partial charge on any atom is 0.146 e. The van der Waals surface area contributed by atoms with Gasteiger partial charge in [0.05, 0.1) is 11.9 Å². The van der Waals surface area contributed by atoms with E-state index in [1.807, 2.05) is 18.3 Å². The molecule has 104 valence electrons. The zero-order valence-electron chi connectivity index (χ0n) is 12.2. The van der Waals surface area contributed by atoms with Crippen LogP contribution in [-0.2, 0) is 6.54 Å². The van der Waals surface area contributed by atoms with Crippen molar-refractivity contribution >= 4 is 28.2 Å². The molecule has 0 amide bonds. The molecule has 0 atom stereocenters. The lowest BCUT2D eigenvalue weighted by molar-refractivity contribution is 0.799. The molecular weight excluding hydrogens is 268 g/mol. The molecule has 3 heterocycles. The molecule has 0 aliphatic rings. The zero-order chi connectivity index (χ0) is 14.4. The number of thiophene rings is 1. The summed E-state index contributed by atoms with van der Waals surface area (Å²) in [6.45, 7) is 9.05. The lowest BCUT2D eigenvalue weighted by atomic mass is 10.2. The third-order valence-corrected chi connectivity index (χ3v) is 4.70. The molecule has 2 N–H and O–H groups in total. The first-order chi connectivity index (χ1) is 9.47. The highest BCUT2D eigenvalue weighted by Crippen LogP contribution is 2.29. The van der Waals surface area contributed by atoms with E-state index in [2.05, 4.69) is 47.4 Å². The fourth-order valence-electron chi connectivity index (χ4n) is 2.60. The molecule has 4 nitrogen and oxygen atoms in total. The molecular formula is C15H18N4S. The average molecular weight is 286 g/mol. The Labute approximate surface area is 122 Å². The monoisotopic (exact) mass is 286 g/mol. The summed E-state index contributed by atoms with van der Waals surface area (Å²) in [5.74, 6) is 1.30. The van der Waals surface area contributed by atoms with Gasteiger partial charge in [-0.1, -0.05) is 0 Å². The Bertz CT molecular complexity index is 798. The number of anilines is 1. The van der Waals surface area contributed by atoms with Crippen molar-refractivity contribution in [1.29, 1.82) is 0 Å². The fourth-order valence-corrected chi connectivity index (χ4v) is 3.48. The lowest BCUT2D eigenvalue weighted by Gasteiger charge is -2.06. The first-order valence-corrected chi connectivity index (χ1v) is 7.44. The molecule has 0 fully saturated rings. The number of aromatic nitrogens is 3. The van der Waals surface area contributed by atoms with Gasteiger partial charge in [0.1, 0.15) is 17.3 Å². The molecule has 0 spiro atoms. The van der Waals surface area contributed by atoms with Crippen LogP contribution in [-0.4, -0.2) is 14.5 Å². The second kappa shape index (κ2) is 4.59. The fraction of sp³-hybridized carbons (Fsp3) is 0.333. The van der Waals surface area contributed by atoms with Crippen molar-refractivity contribution in [2.24, 2.45) is 0 Å². The van der Waals surface area contributed by atoms with Crippen molar-refractivity contribution in [2.45, 2.75) is 34.2 Å². The molecule has 3 rings (SSSR count). The van der Waals surface area contributed by atoms with Crippen LogP contribution in [0.3, 0.4) is 0 Å². The van der Waals surface area contributed by atoms with Gasteiger partial charge in [0, 0.05) is 15.4 Å². The smallest absolute Gasteiger partial charge is 0.146 e. The zero-order valence-corrected chi connectivity index (χ0v) is 13.0. The van der Waals surface area contributed by atoms with Crippen LogP contribution in [0.2, 0.25) is 0 Å². The first-order valence-electron chi connectivity index (χ1n) is 6.62. The molecule has 0 saturated carbocycles. The second-order valence-corrected chi connectivity index (χ2v) is 6.54. The third kappa shape index (κ3) is 1.98. The number of rotatable bonds is 2. The maximum atomic E-state index is 6.08. The number of fused-ring (bicyclic) bond motifs is 1. The number of nitrogen functional groups attached to an aromatic ring is 1. The Morgan fingerprint density at radius 1 is 1.15 bits per heavy atom. The van der Waals surface area contributed by atoms with Gasteiger partial charge < -0.3 is 10.3 Å². The van der Waals surface area contributed by atoms with Crippen LogP contribution >= 0.6 is 11.3 Å². The van der Waals surface area contributed by atoms with Crippen LogP contribution in [0.25, 0.3) is 11.0 Å². The van der Waals surface area contributed by atoms with Gasteiger partial charge in [-0.05, 0) is 45.4 Å². The summed E-state index contributed by atoms with van der Waals surface area (Å²) in [4.78, 5) is 11.5. The van der Waals surface area contributed by atoms with Crippen LogP contribution in [0.1, 0.15) is 26.8 Å². The van der Waals surface area contributed by atoms with E-state index in [9.17, 15) is 0 Å². The Balaban J connectivity index is 2.22. The van der Waals surface area contributed by atoms with Gasteiger partial charge in [-0.25, -0.2) is 9.97 Å². The summed E-state index contributed by atoms with van der Waals surface area (Å²) in [6, 6.07) is 4.33. The molecule has 0 radical (unpaired) electrons.